The zero-order chi connectivity index (χ0) is 11.2. The minimum atomic E-state index is -3.56. The van der Waals surface area contributed by atoms with E-state index in [-0.39, 0.29) is 12.2 Å². The lowest BCUT2D eigenvalue weighted by Gasteiger charge is -2.19. The molecule has 0 amide bonds. The average Bonchev–Trinajstić information content (AvgIpc) is 2.15. The molecular formula is C8H14ClNO3S. The molecule has 0 rings (SSSR count). The number of hydrogen-bond donors (Lipinski definition) is 0. The van der Waals surface area contributed by atoms with Gasteiger partial charge in [0, 0.05) is 6.42 Å². The minimum absolute atomic E-state index is 0.134. The number of unbranched alkanes of at least 4 members (excludes halogenated alkanes) is 1. The molecule has 0 aliphatic heterocycles. The molecule has 0 aromatic carbocycles. The van der Waals surface area contributed by atoms with Gasteiger partial charge in [-0.25, -0.2) is 13.2 Å². The first-order valence-electron chi connectivity index (χ1n) is 4.43. The van der Waals surface area contributed by atoms with Gasteiger partial charge in [-0.1, -0.05) is 31.9 Å². The summed E-state index contributed by atoms with van der Waals surface area (Å²) in [5.74, 6) is -0.134. The minimum Gasteiger partial charge on any atom is -0.225 e. The number of halogens is 1. The molecule has 0 N–H and O–H groups in total. The van der Waals surface area contributed by atoms with E-state index < -0.39 is 14.2 Å². The van der Waals surface area contributed by atoms with Crippen LogP contribution in [0.3, 0.4) is 0 Å². The molecular weight excluding hydrogens is 226 g/mol. The Kier molecular flexibility index (Phi) is 5.34. The standard InChI is InChI=1S/C8H14ClNO3S/c1-3-5-6-8(9,10-7-11)14(12,13)4-2/h3-6H2,1-2H3. The van der Waals surface area contributed by atoms with Crippen LogP contribution in [0.2, 0.25) is 0 Å². The van der Waals surface area contributed by atoms with Crippen LogP contribution in [0.5, 0.6) is 0 Å². The largest absolute Gasteiger partial charge is 0.245 e. The third-order valence-electron chi connectivity index (χ3n) is 1.91. The summed E-state index contributed by atoms with van der Waals surface area (Å²) in [5, 5.41) is 0. The maximum Gasteiger partial charge on any atom is 0.245 e. The third-order valence-corrected chi connectivity index (χ3v) is 4.90. The highest BCUT2D eigenvalue weighted by Gasteiger charge is 2.40. The van der Waals surface area contributed by atoms with E-state index in [9.17, 15) is 13.2 Å². The van der Waals surface area contributed by atoms with E-state index in [4.69, 9.17) is 11.6 Å². The zero-order valence-electron chi connectivity index (χ0n) is 8.29. The van der Waals surface area contributed by atoms with Gasteiger partial charge in [-0.05, 0) is 6.42 Å². The second-order valence-electron chi connectivity index (χ2n) is 2.90. The predicted molar refractivity (Wildman–Crippen MR) is 55.7 cm³/mol. The SMILES string of the molecule is CCCCC(Cl)(N=C=O)S(=O)(=O)CC. The summed E-state index contributed by atoms with van der Waals surface area (Å²) < 4.78 is 21.2. The van der Waals surface area contributed by atoms with E-state index in [2.05, 4.69) is 4.99 Å². The smallest absolute Gasteiger partial charge is 0.225 e. The van der Waals surface area contributed by atoms with Gasteiger partial charge < -0.3 is 0 Å². The monoisotopic (exact) mass is 239 g/mol. The fourth-order valence-electron chi connectivity index (χ4n) is 0.965. The van der Waals surface area contributed by atoms with Crippen LogP contribution in [0.15, 0.2) is 4.99 Å². The normalized spacial score (nSPS) is 15.6. The summed E-state index contributed by atoms with van der Waals surface area (Å²) in [5.41, 5.74) is 0. The summed E-state index contributed by atoms with van der Waals surface area (Å²) in [6.07, 6.45) is 2.77. The summed E-state index contributed by atoms with van der Waals surface area (Å²) in [6, 6.07) is 0. The van der Waals surface area contributed by atoms with Crippen LogP contribution in [-0.2, 0) is 14.6 Å². The van der Waals surface area contributed by atoms with Crippen molar-refractivity contribution in [1.29, 1.82) is 0 Å². The molecule has 0 radical (unpaired) electrons. The molecule has 0 saturated heterocycles. The lowest BCUT2D eigenvalue weighted by atomic mass is 10.2. The van der Waals surface area contributed by atoms with Gasteiger partial charge >= 0.3 is 0 Å². The van der Waals surface area contributed by atoms with E-state index in [0.717, 1.165) is 6.42 Å². The van der Waals surface area contributed by atoms with E-state index in [1.165, 1.54) is 13.0 Å². The number of isocyanates is 1. The van der Waals surface area contributed by atoms with Gasteiger partial charge in [0.05, 0.1) is 5.75 Å². The van der Waals surface area contributed by atoms with Crippen molar-refractivity contribution in [2.45, 2.75) is 37.4 Å². The molecule has 0 aliphatic rings. The number of alkyl halides is 1. The first-order chi connectivity index (χ1) is 6.43. The highest BCUT2D eigenvalue weighted by molar-refractivity contribution is 7.94. The second-order valence-corrected chi connectivity index (χ2v) is 6.23. The highest BCUT2D eigenvalue weighted by Crippen LogP contribution is 2.31. The molecule has 14 heavy (non-hydrogen) atoms. The first kappa shape index (κ1) is 13.6. The van der Waals surface area contributed by atoms with Crippen LogP contribution >= 0.6 is 11.6 Å². The van der Waals surface area contributed by atoms with Crippen LogP contribution < -0.4 is 0 Å². The van der Waals surface area contributed by atoms with Gasteiger partial charge in [0.2, 0.25) is 10.4 Å². The Morgan fingerprint density at radius 2 is 2.00 bits per heavy atom. The first-order valence-corrected chi connectivity index (χ1v) is 6.46. The number of nitrogens with zero attached hydrogens (tertiary/aromatic N) is 1. The summed E-state index contributed by atoms with van der Waals surface area (Å²) in [4.78, 5) is 13.3. The van der Waals surface area contributed by atoms with Crippen molar-refractivity contribution in [1.82, 2.24) is 0 Å². The van der Waals surface area contributed by atoms with E-state index in [1.54, 1.807) is 0 Å². The van der Waals surface area contributed by atoms with Crippen molar-refractivity contribution >= 4 is 27.5 Å². The lowest BCUT2D eigenvalue weighted by Crippen LogP contribution is -2.32. The Labute approximate surface area is 89.3 Å². The van der Waals surface area contributed by atoms with E-state index in [0.29, 0.717) is 6.42 Å². The van der Waals surface area contributed by atoms with Crippen LogP contribution in [0.4, 0.5) is 0 Å². The van der Waals surface area contributed by atoms with Crippen molar-refractivity contribution < 1.29 is 13.2 Å². The predicted octanol–water partition coefficient (Wildman–Crippen LogP) is 1.84. The molecule has 4 nitrogen and oxygen atoms in total. The van der Waals surface area contributed by atoms with Crippen LogP contribution in [-0.4, -0.2) is 24.6 Å². The Balaban J connectivity index is 4.99. The number of carbonyl (C=O) groups excluding carboxylic acids is 1. The molecule has 0 saturated carbocycles. The topological polar surface area (TPSA) is 63.6 Å². The molecule has 1 unspecified atom stereocenters. The average molecular weight is 240 g/mol. The zero-order valence-corrected chi connectivity index (χ0v) is 9.86. The summed E-state index contributed by atoms with van der Waals surface area (Å²) in [6.45, 7) is 3.37. The molecule has 0 heterocycles. The maximum absolute atomic E-state index is 11.5. The van der Waals surface area contributed by atoms with Crippen LogP contribution in [0.1, 0.15) is 33.1 Å². The lowest BCUT2D eigenvalue weighted by molar-refractivity contribution is 0.536. The molecule has 0 aromatic heterocycles. The fraction of sp³-hybridized carbons (Fsp3) is 0.875. The van der Waals surface area contributed by atoms with Crippen molar-refractivity contribution in [3.05, 3.63) is 0 Å². The molecule has 82 valence electrons. The van der Waals surface area contributed by atoms with Gasteiger partial charge in [0.15, 0.2) is 9.84 Å². The third kappa shape index (κ3) is 3.08. The number of hydrogen-bond acceptors (Lipinski definition) is 4. The number of aliphatic imine (C=N–C) groups is 1. The van der Waals surface area contributed by atoms with Crippen molar-refractivity contribution in [2.75, 3.05) is 5.75 Å². The van der Waals surface area contributed by atoms with Crippen molar-refractivity contribution in [3.8, 4) is 0 Å². The molecule has 1 atom stereocenters. The molecule has 0 bridgehead atoms. The van der Waals surface area contributed by atoms with E-state index in [1.807, 2.05) is 6.92 Å². The van der Waals surface area contributed by atoms with E-state index >= 15 is 0 Å². The number of sulfone groups is 1. The molecule has 0 spiro atoms. The van der Waals surface area contributed by atoms with Gasteiger partial charge in [0.1, 0.15) is 0 Å². The Bertz CT molecular complexity index is 321. The molecule has 0 aromatic rings. The van der Waals surface area contributed by atoms with Crippen molar-refractivity contribution in [2.24, 2.45) is 4.99 Å². The summed E-state index contributed by atoms with van der Waals surface area (Å²) in [7, 11) is -3.56. The number of rotatable bonds is 6. The Morgan fingerprint density at radius 1 is 1.43 bits per heavy atom. The van der Waals surface area contributed by atoms with Gasteiger partial charge in [-0.2, -0.15) is 4.99 Å². The van der Waals surface area contributed by atoms with Gasteiger partial charge in [-0.15, -0.1) is 0 Å². The maximum atomic E-state index is 11.5. The molecule has 0 fully saturated rings. The van der Waals surface area contributed by atoms with Crippen molar-refractivity contribution in [3.63, 3.8) is 0 Å². The molecule has 0 aliphatic carbocycles. The second kappa shape index (κ2) is 5.49. The quantitative estimate of drug-likeness (QED) is 0.308. The van der Waals surface area contributed by atoms with Gasteiger partial charge in [-0.3, -0.25) is 0 Å². The Hall–Kier alpha value is -0.380. The van der Waals surface area contributed by atoms with Crippen LogP contribution in [0.25, 0.3) is 0 Å². The van der Waals surface area contributed by atoms with Gasteiger partial charge in [0.25, 0.3) is 0 Å². The highest BCUT2D eigenvalue weighted by atomic mass is 35.5. The van der Waals surface area contributed by atoms with Crippen LogP contribution in [0, 0.1) is 0 Å². The molecule has 6 heteroatoms. The summed E-state index contributed by atoms with van der Waals surface area (Å²) >= 11 is 5.79. The fourth-order valence-corrected chi connectivity index (χ4v) is 2.53. The Morgan fingerprint density at radius 3 is 2.36 bits per heavy atom.